The molecule has 0 aromatic heterocycles. The lowest BCUT2D eigenvalue weighted by Crippen LogP contribution is -2.45. The molecular formula is C32H64N8S4. The SMILES string of the molecule is CCCCCCCCC1CNC(=S)NCCCNC(=S)NCC(CCCCCCCC)CNC(=S)NCCCNC(=S)NC1. The zero-order valence-electron chi connectivity index (χ0n) is 27.8. The molecule has 1 aliphatic rings. The van der Waals surface area contributed by atoms with Crippen LogP contribution in [0, 0.1) is 11.8 Å². The second-order valence-electron chi connectivity index (χ2n) is 12.1. The van der Waals surface area contributed by atoms with Crippen LogP contribution in [0.25, 0.3) is 0 Å². The molecule has 0 radical (unpaired) electrons. The van der Waals surface area contributed by atoms with E-state index >= 15 is 0 Å². The third-order valence-corrected chi connectivity index (χ3v) is 9.14. The van der Waals surface area contributed by atoms with Crippen LogP contribution in [0.5, 0.6) is 0 Å². The fraction of sp³-hybridized carbons (Fsp3) is 0.875. The van der Waals surface area contributed by atoms with Crippen LogP contribution in [0.15, 0.2) is 0 Å². The lowest BCUT2D eigenvalue weighted by Gasteiger charge is -2.22. The van der Waals surface area contributed by atoms with Gasteiger partial charge in [0.1, 0.15) is 0 Å². The molecule has 0 aromatic rings. The molecule has 0 aromatic carbocycles. The summed E-state index contributed by atoms with van der Waals surface area (Å²) in [6.45, 7) is 11.0. The highest BCUT2D eigenvalue weighted by Gasteiger charge is 2.12. The Labute approximate surface area is 291 Å². The zero-order chi connectivity index (χ0) is 32.1. The number of hydrogen-bond acceptors (Lipinski definition) is 4. The Kier molecular flexibility index (Phi) is 27.0. The first-order chi connectivity index (χ1) is 21.4. The van der Waals surface area contributed by atoms with Crippen molar-refractivity contribution >= 4 is 69.3 Å². The van der Waals surface area contributed by atoms with Crippen molar-refractivity contribution in [3.63, 3.8) is 0 Å². The molecule has 1 rings (SSSR count). The molecular weight excluding hydrogens is 625 g/mol. The van der Waals surface area contributed by atoms with Crippen molar-refractivity contribution in [1.29, 1.82) is 0 Å². The molecule has 0 unspecified atom stereocenters. The number of nitrogens with one attached hydrogen (secondary N) is 8. The van der Waals surface area contributed by atoms with E-state index < -0.39 is 0 Å². The average Bonchev–Trinajstić information content (AvgIpc) is 3.01. The summed E-state index contributed by atoms with van der Waals surface area (Å²) in [4.78, 5) is 0. The van der Waals surface area contributed by atoms with E-state index in [2.05, 4.69) is 56.4 Å². The van der Waals surface area contributed by atoms with Crippen LogP contribution in [0.1, 0.15) is 117 Å². The lowest BCUT2D eigenvalue weighted by atomic mass is 10.00. The minimum absolute atomic E-state index is 0.450. The van der Waals surface area contributed by atoms with Gasteiger partial charge in [-0.1, -0.05) is 90.9 Å². The number of thiocarbonyl (C=S) groups is 4. The van der Waals surface area contributed by atoms with Crippen molar-refractivity contribution in [1.82, 2.24) is 42.5 Å². The van der Waals surface area contributed by atoms with E-state index in [1.54, 1.807) is 0 Å². The predicted octanol–water partition coefficient (Wildman–Crippen LogP) is 5.37. The summed E-state index contributed by atoms with van der Waals surface area (Å²) >= 11 is 22.3. The van der Waals surface area contributed by atoms with Crippen molar-refractivity contribution in [2.45, 2.75) is 117 Å². The van der Waals surface area contributed by atoms with Crippen LogP contribution in [0.3, 0.4) is 0 Å². The fourth-order valence-electron chi connectivity index (χ4n) is 5.16. The van der Waals surface area contributed by atoms with Crippen molar-refractivity contribution in [2.24, 2.45) is 11.8 Å². The Balaban J connectivity index is 2.59. The minimum Gasteiger partial charge on any atom is -0.363 e. The summed E-state index contributed by atoms with van der Waals surface area (Å²) in [7, 11) is 0. The summed E-state index contributed by atoms with van der Waals surface area (Å²) in [5, 5.41) is 30.0. The lowest BCUT2D eigenvalue weighted by molar-refractivity contribution is 0.437. The second-order valence-corrected chi connectivity index (χ2v) is 13.7. The van der Waals surface area contributed by atoms with E-state index in [1.807, 2.05) is 0 Å². The zero-order valence-corrected chi connectivity index (χ0v) is 31.0. The van der Waals surface area contributed by atoms with Gasteiger partial charge in [0.25, 0.3) is 0 Å². The molecule has 12 heteroatoms. The predicted molar refractivity (Wildman–Crippen MR) is 207 cm³/mol. The van der Waals surface area contributed by atoms with Gasteiger partial charge in [-0.2, -0.15) is 0 Å². The van der Waals surface area contributed by atoms with Gasteiger partial charge in [-0.3, -0.25) is 0 Å². The van der Waals surface area contributed by atoms with Crippen LogP contribution in [-0.2, 0) is 0 Å². The maximum atomic E-state index is 5.58. The molecule has 0 aliphatic carbocycles. The molecule has 8 N–H and O–H groups in total. The van der Waals surface area contributed by atoms with E-state index in [0.29, 0.717) is 32.3 Å². The molecule has 0 saturated carbocycles. The minimum atomic E-state index is 0.450. The maximum absolute atomic E-state index is 5.58. The van der Waals surface area contributed by atoms with Crippen LogP contribution in [0.2, 0.25) is 0 Å². The molecule has 44 heavy (non-hydrogen) atoms. The molecule has 1 aliphatic heterocycles. The first kappa shape index (κ1) is 40.8. The van der Waals surface area contributed by atoms with Gasteiger partial charge in [0.15, 0.2) is 20.4 Å². The number of rotatable bonds is 14. The molecule has 8 nitrogen and oxygen atoms in total. The Bertz CT molecular complexity index is 665. The highest BCUT2D eigenvalue weighted by Crippen LogP contribution is 2.13. The Hall–Kier alpha value is -1.24. The highest BCUT2D eigenvalue weighted by molar-refractivity contribution is 7.80. The third kappa shape index (κ3) is 25.0. The van der Waals surface area contributed by atoms with Crippen molar-refractivity contribution in [2.75, 3.05) is 52.4 Å². The molecule has 0 atom stereocenters. The first-order valence-electron chi connectivity index (χ1n) is 17.5. The van der Waals surface area contributed by atoms with Crippen LogP contribution < -0.4 is 42.5 Å². The Morgan fingerprint density at radius 3 is 0.977 bits per heavy atom. The fourth-order valence-corrected chi connectivity index (χ4v) is 5.90. The molecule has 1 saturated heterocycles. The van der Waals surface area contributed by atoms with Gasteiger partial charge in [0.2, 0.25) is 0 Å². The van der Waals surface area contributed by atoms with Crippen molar-refractivity contribution in [3.8, 4) is 0 Å². The molecule has 1 heterocycles. The standard InChI is InChI=1S/C32H64N8S4/c1-3-5-7-9-11-13-17-27-23-37-29(41)33-19-15-21-35-31(43)39-25-28(18-14-12-10-8-6-4-2)26-40-32(44)36-22-16-20-34-30(42)38-24-27/h27-28H,3-26H2,1-2H3,(H2,33,37,41)(H2,34,38,42)(H2,35,39,43)(H2,36,40,44). The van der Waals surface area contributed by atoms with Gasteiger partial charge >= 0.3 is 0 Å². The van der Waals surface area contributed by atoms with Gasteiger partial charge in [-0.25, -0.2) is 0 Å². The molecule has 0 amide bonds. The van der Waals surface area contributed by atoms with Gasteiger partial charge in [-0.05, 0) is 86.4 Å². The van der Waals surface area contributed by atoms with Gasteiger partial charge < -0.3 is 42.5 Å². The second kappa shape index (κ2) is 29.2. The molecule has 256 valence electrons. The van der Waals surface area contributed by atoms with E-state index in [9.17, 15) is 0 Å². The number of unbranched alkanes of at least 4 members (excludes halogenated alkanes) is 10. The molecule has 0 bridgehead atoms. The Morgan fingerprint density at radius 1 is 0.409 bits per heavy atom. The average molecular weight is 689 g/mol. The molecule has 0 spiro atoms. The summed E-state index contributed by atoms with van der Waals surface area (Å²) in [5.41, 5.74) is 0. The molecule has 1 fully saturated rings. The first-order valence-corrected chi connectivity index (χ1v) is 19.1. The smallest absolute Gasteiger partial charge is 0.166 e. The van der Waals surface area contributed by atoms with Crippen molar-refractivity contribution < 1.29 is 0 Å². The monoisotopic (exact) mass is 688 g/mol. The summed E-state index contributed by atoms with van der Waals surface area (Å²) < 4.78 is 0. The topological polar surface area (TPSA) is 96.2 Å². The van der Waals surface area contributed by atoms with Crippen molar-refractivity contribution in [3.05, 3.63) is 0 Å². The largest absolute Gasteiger partial charge is 0.363 e. The highest BCUT2D eigenvalue weighted by atomic mass is 32.1. The third-order valence-electron chi connectivity index (χ3n) is 7.99. The van der Waals surface area contributed by atoms with Crippen LogP contribution in [0.4, 0.5) is 0 Å². The summed E-state index contributed by atoms with van der Waals surface area (Å²) in [5.74, 6) is 0.901. The quantitative estimate of drug-likeness (QED) is 0.0891. The van der Waals surface area contributed by atoms with E-state index in [0.717, 1.165) is 78.0 Å². The summed E-state index contributed by atoms with van der Waals surface area (Å²) in [6.07, 6.45) is 19.7. The van der Waals surface area contributed by atoms with E-state index in [1.165, 1.54) is 77.0 Å². The van der Waals surface area contributed by atoms with E-state index in [4.69, 9.17) is 48.9 Å². The van der Waals surface area contributed by atoms with Gasteiger partial charge in [-0.15, -0.1) is 0 Å². The normalized spacial score (nSPS) is 20.7. The number of hydrogen-bond donors (Lipinski definition) is 8. The van der Waals surface area contributed by atoms with Crippen LogP contribution >= 0.6 is 48.9 Å². The summed E-state index contributed by atoms with van der Waals surface area (Å²) in [6, 6.07) is 0. The Morgan fingerprint density at radius 2 is 0.682 bits per heavy atom. The van der Waals surface area contributed by atoms with Crippen LogP contribution in [-0.4, -0.2) is 72.8 Å². The van der Waals surface area contributed by atoms with Gasteiger partial charge in [0.05, 0.1) is 0 Å². The maximum Gasteiger partial charge on any atom is 0.166 e. The van der Waals surface area contributed by atoms with E-state index in [-0.39, 0.29) is 0 Å². The van der Waals surface area contributed by atoms with Gasteiger partial charge in [0, 0.05) is 52.4 Å².